The topological polar surface area (TPSA) is 125 Å². The molecule has 19 heavy (non-hydrogen) atoms. The van der Waals surface area contributed by atoms with Gasteiger partial charge in [-0.1, -0.05) is 6.07 Å². The van der Waals surface area contributed by atoms with Crippen LogP contribution >= 0.6 is 0 Å². The van der Waals surface area contributed by atoms with Gasteiger partial charge in [0.25, 0.3) is 10.0 Å². The molecule has 0 aliphatic rings. The van der Waals surface area contributed by atoms with Gasteiger partial charge in [-0.15, -0.1) is 0 Å². The van der Waals surface area contributed by atoms with Gasteiger partial charge in [-0.3, -0.25) is 0 Å². The van der Waals surface area contributed by atoms with E-state index in [1.54, 1.807) is 0 Å². The molecule has 2 rings (SSSR count). The number of imidazole rings is 1. The monoisotopic (exact) mass is 282 g/mol. The number of carbonyl (C=O) groups is 1. The van der Waals surface area contributed by atoms with Gasteiger partial charge >= 0.3 is 5.97 Å². The van der Waals surface area contributed by atoms with Gasteiger partial charge in [0.1, 0.15) is 5.69 Å². The van der Waals surface area contributed by atoms with Gasteiger partial charge in [-0.2, -0.15) is 0 Å². The first-order valence-electron chi connectivity index (χ1n) is 5.15. The summed E-state index contributed by atoms with van der Waals surface area (Å²) < 4.78 is 25.8. The van der Waals surface area contributed by atoms with E-state index in [4.69, 9.17) is 5.11 Å². The third-order valence-corrected chi connectivity index (χ3v) is 3.60. The smallest absolute Gasteiger partial charge is 0.354 e. The van der Waals surface area contributed by atoms with Crippen LogP contribution in [0, 0.1) is 0 Å². The van der Waals surface area contributed by atoms with Crippen molar-refractivity contribution >= 4 is 16.0 Å². The number of hydrogen-bond acceptors (Lipinski definition) is 5. The van der Waals surface area contributed by atoms with Crippen LogP contribution < -0.4 is 4.72 Å². The van der Waals surface area contributed by atoms with Gasteiger partial charge in [0.05, 0.1) is 12.5 Å². The summed E-state index contributed by atoms with van der Waals surface area (Å²) in [6.07, 6.45) is 3.75. The van der Waals surface area contributed by atoms with Crippen LogP contribution in [0.1, 0.15) is 16.1 Å². The Balaban J connectivity index is 2.05. The minimum absolute atomic E-state index is 0.00819. The van der Waals surface area contributed by atoms with E-state index in [9.17, 15) is 13.2 Å². The normalized spacial score (nSPS) is 11.4. The molecule has 0 fully saturated rings. The van der Waals surface area contributed by atoms with Crippen molar-refractivity contribution in [3.05, 3.63) is 42.1 Å². The van der Waals surface area contributed by atoms with Gasteiger partial charge in [-0.05, 0) is 11.6 Å². The summed E-state index contributed by atoms with van der Waals surface area (Å²) in [5.41, 5.74) is 0.452. The summed E-state index contributed by atoms with van der Waals surface area (Å²) in [7, 11) is -3.65. The Morgan fingerprint density at radius 3 is 2.68 bits per heavy atom. The van der Waals surface area contributed by atoms with Gasteiger partial charge in [-0.25, -0.2) is 27.9 Å². The minimum atomic E-state index is -3.65. The number of aromatic nitrogens is 3. The number of carboxylic acids is 1. The zero-order chi connectivity index (χ0) is 13.9. The zero-order valence-electron chi connectivity index (χ0n) is 9.57. The second-order valence-electron chi connectivity index (χ2n) is 3.60. The van der Waals surface area contributed by atoms with Crippen molar-refractivity contribution < 1.29 is 18.3 Å². The van der Waals surface area contributed by atoms with Crippen molar-refractivity contribution in [2.24, 2.45) is 0 Å². The van der Waals surface area contributed by atoms with E-state index < -0.39 is 16.0 Å². The molecule has 0 aliphatic heterocycles. The van der Waals surface area contributed by atoms with Crippen molar-refractivity contribution in [2.45, 2.75) is 11.6 Å². The molecule has 100 valence electrons. The highest BCUT2D eigenvalue weighted by Gasteiger charge is 2.15. The summed E-state index contributed by atoms with van der Waals surface area (Å²) >= 11 is 0. The number of sulfonamides is 1. The Morgan fingerprint density at radius 2 is 2.16 bits per heavy atom. The maximum Gasteiger partial charge on any atom is 0.354 e. The summed E-state index contributed by atoms with van der Waals surface area (Å²) in [6.45, 7) is 0.00819. The predicted molar refractivity (Wildman–Crippen MR) is 63.8 cm³/mol. The lowest BCUT2D eigenvalue weighted by molar-refractivity contribution is 0.0690. The molecule has 0 unspecified atom stereocenters. The van der Waals surface area contributed by atoms with E-state index in [0.717, 1.165) is 0 Å². The third-order valence-electron chi connectivity index (χ3n) is 2.27. The van der Waals surface area contributed by atoms with Crippen LogP contribution in [0.5, 0.6) is 0 Å². The highest BCUT2D eigenvalue weighted by Crippen LogP contribution is 2.05. The molecule has 0 atom stereocenters. The minimum Gasteiger partial charge on any atom is -0.477 e. The molecule has 2 aromatic rings. The van der Waals surface area contributed by atoms with Crippen molar-refractivity contribution in [2.75, 3.05) is 0 Å². The fourth-order valence-corrected chi connectivity index (χ4v) is 2.22. The fraction of sp³-hybridized carbons (Fsp3) is 0.100. The van der Waals surface area contributed by atoms with E-state index in [0.29, 0.717) is 5.56 Å². The Morgan fingerprint density at radius 1 is 1.37 bits per heavy atom. The standard InChI is InChI=1S/C10H10N4O4S/c15-10(16)8-2-1-7(3-12-8)4-14-19(17,18)9-5-11-6-13-9/h1-3,5-6,14H,4H2,(H,11,13)(H,15,16). The van der Waals surface area contributed by atoms with Crippen LogP contribution in [0.15, 0.2) is 35.9 Å². The highest BCUT2D eigenvalue weighted by atomic mass is 32.2. The summed E-state index contributed by atoms with van der Waals surface area (Å²) in [5.74, 6) is -1.13. The van der Waals surface area contributed by atoms with Crippen molar-refractivity contribution in [1.29, 1.82) is 0 Å². The first kappa shape index (κ1) is 13.2. The van der Waals surface area contributed by atoms with E-state index >= 15 is 0 Å². The van der Waals surface area contributed by atoms with Gasteiger partial charge in [0, 0.05) is 12.7 Å². The van der Waals surface area contributed by atoms with Crippen molar-refractivity contribution in [3.63, 3.8) is 0 Å². The van der Waals surface area contributed by atoms with E-state index in [-0.39, 0.29) is 17.3 Å². The number of aromatic amines is 1. The number of aromatic carboxylic acids is 1. The molecule has 0 saturated carbocycles. The van der Waals surface area contributed by atoms with Gasteiger partial charge in [0.2, 0.25) is 0 Å². The third kappa shape index (κ3) is 3.14. The van der Waals surface area contributed by atoms with Crippen LogP contribution in [0.25, 0.3) is 0 Å². The molecule has 2 heterocycles. The van der Waals surface area contributed by atoms with Crippen LogP contribution in [-0.2, 0) is 16.6 Å². The largest absolute Gasteiger partial charge is 0.477 e. The number of nitrogens with zero attached hydrogens (tertiary/aromatic N) is 2. The van der Waals surface area contributed by atoms with E-state index in [1.807, 2.05) is 0 Å². The summed E-state index contributed by atoms with van der Waals surface area (Å²) in [6, 6.07) is 2.80. The van der Waals surface area contributed by atoms with E-state index in [2.05, 4.69) is 19.7 Å². The molecule has 2 aromatic heterocycles. The first-order chi connectivity index (χ1) is 8.99. The number of rotatable bonds is 5. The van der Waals surface area contributed by atoms with Crippen LogP contribution in [-0.4, -0.2) is 34.4 Å². The maximum atomic E-state index is 11.7. The molecular weight excluding hydrogens is 272 g/mol. The zero-order valence-corrected chi connectivity index (χ0v) is 10.4. The quantitative estimate of drug-likeness (QED) is 0.707. The number of nitrogens with one attached hydrogen (secondary N) is 2. The van der Waals surface area contributed by atoms with Crippen LogP contribution in [0.4, 0.5) is 0 Å². The average Bonchev–Trinajstić information content (AvgIpc) is 2.91. The molecule has 0 bridgehead atoms. The Kier molecular flexibility index (Phi) is 3.58. The van der Waals surface area contributed by atoms with Crippen LogP contribution in [0.3, 0.4) is 0 Å². The highest BCUT2D eigenvalue weighted by molar-refractivity contribution is 7.89. The lowest BCUT2D eigenvalue weighted by Gasteiger charge is -2.04. The molecule has 0 saturated heterocycles. The number of H-pyrrole nitrogens is 1. The van der Waals surface area contributed by atoms with Crippen molar-refractivity contribution in [1.82, 2.24) is 19.7 Å². The number of pyridine rings is 1. The Hall–Kier alpha value is -2.26. The average molecular weight is 282 g/mol. The lowest BCUT2D eigenvalue weighted by atomic mass is 10.2. The second kappa shape index (κ2) is 5.16. The summed E-state index contributed by atoms with van der Waals surface area (Å²) in [5, 5.41) is 8.64. The van der Waals surface area contributed by atoms with Gasteiger partial charge < -0.3 is 10.1 Å². The number of hydrogen-bond donors (Lipinski definition) is 3. The molecule has 0 amide bonds. The Bertz CT molecular complexity index is 664. The van der Waals surface area contributed by atoms with Gasteiger partial charge in [0.15, 0.2) is 5.03 Å². The number of carboxylic acid groups (broad SMARTS) is 1. The molecule has 8 nitrogen and oxygen atoms in total. The molecule has 0 aliphatic carbocycles. The van der Waals surface area contributed by atoms with E-state index in [1.165, 1.54) is 30.9 Å². The second-order valence-corrected chi connectivity index (χ2v) is 5.33. The van der Waals surface area contributed by atoms with Crippen LogP contribution in [0.2, 0.25) is 0 Å². The first-order valence-corrected chi connectivity index (χ1v) is 6.63. The molecule has 3 N–H and O–H groups in total. The molecule has 9 heteroatoms. The molecular formula is C10H10N4O4S. The maximum absolute atomic E-state index is 11.7. The summed E-state index contributed by atoms with van der Waals surface area (Å²) in [4.78, 5) is 20.4. The lowest BCUT2D eigenvalue weighted by Crippen LogP contribution is -2.23. The van der Waals surface area contributed by atoms with Crippen molar-refractivity contribution in [3.8, 4) is 0 Å². The Labute approximate surface area is 108 Å². The fourth-order valence-electron chi connectivity index (χ4n) is 1.30. The SMILES string of the molecule is O=C(O)c1ccc(CNS(=O)(=O)c2cnc[nH]2)cn1. The molecule has 0 radical (unpaired) electrons. The molecule has 0 aromatic carbocycles. The predicted octanol–water partition coefficient (Wildman–Crippen LogP) is -0.0186. The molecule has 0 spiro atoms.